The van der Waals surface area contributed by atoms with Crippen molar-refractivity contribution in [3.63, 3.8) is 0 Å². The minimum atomic E-state index is 0.192. The van der Waals surface area contributed by atoms with Gasteiger partial charge >= 0.3 is 0 Å². The molecule has 4 bridgehead atoms. The molecule has 3 aliphatic carbocycles. The number of hydrogen-bond acceptors (Lipinski definition) is 5. The van der Waals surface area contributed by atoms with Crippen LogP contribution in [0.2, 0.25) is 0 Å². The molecule has 5 heteroatoms. The molecule has 5 nitrogen and oxygen atoms in total. The number of rotatable bonds is 1. The monoisotopic (exact) mass is 416 g/mol. The van der Waals surface area contributed by atoms with Gasteiger partial charge in [-0.1, -0.05) is 6.07 Å². The summed E-state index contributed by atoms with van der Waals surface area (Å²) in [5, 5.41) is 10.5. The van der Waals surface area contributed by atoms with E-state index in [9.17, 15) is 5.11 Å². The van der Waals surface area contributed by atoms with Gasteiger partial charge in [0.1, 0.15) is 5.75 Å². The number of aromatic nitrogens is 2. The highest BCUT2D eigenvalue weighted by Crippen LogP contribution is 2.75. The molecule has 0 radical (unpaired) electrons. The molecular formula is C26H32N4O. The minimum Gasteiger partial charge on any atom is -0.508 e. The molecule has 4 fully saturated rings. The zero-order valence-corrected chi connectivity index (χ0v) is 18.8. The topological polar surface area (TPSA) is 52.5 Å². The summed E-state index contributed by atoms with van der Waals surface area (Å²) < 4.78 is 0. The van der Waals surface area contributed by atoms with Gasteiger partial charge < -0.3 is 14.9 Å². The normalized spacial score (nSPS) is 40.0. The number of fused-ring (bicyclic) bond motifs is 1. The van der Waals surface area contributed by atoms with Crippen molar-refractivity contribution in [2.45, 2.75) is 63.5 Å². The Balaban J connectivity index is 1.42. The molecule has 6 atom stereocenters. The number of likely N-dealkylation sites (tertiary alicyclic amines) is 1. The second-order valence-corrected chi connectivity index (χ2v) is 11.1. The summed E-state index contributed by atoms with van der Waals surface area (Å²) in [6.45, 7) is 6.42. The number of benzene rings is 1. The minimum absolute atomic E-state index is 0.192. The van der Waals surface area contributed by atoms with Gasteiger partial charge in [-0.15, -0.1) is 0 Å². The summed E-state index contributed by atoms with van der Waals surface area (Å²) >= 11 is 0. The predicted molar refractivity (Wildman–Crippen MR) is 120 cm³/mol. The number of piperidine rings is 1. The van der Waals surface area contributed by atoms with Crippen LogP contribution in [-0.4, -0.2) is 52.2 Å². The standard InChI is InChI=1S/C26H32N4O/c1-15-10-16(2)28-24(27-15)30-14-18-13-25-7-6-21(30)23(18)26(25)8-9-29(3)22(25)11-17-4-5-19(31)12-20(17)26/h4-5,10,12,18,21-23,31H,6-9,11,13-14H2,1-3H3/t18-,21?,22?,23?,25?,26?/m1/s1. The molecular weight excluding hydrogens is 384 g/mol. The quantitative estimate of drug-likeness (QED) is 0.770. The first kappa shape index (κ1) is 18.4. The fourth-order valence-electron chi connectivity index (χ4n) is 9.29. The van der Waals surface area contributed by atoms with E-state index < -0.39 is 0 Å². The van der Waals surface area contributed by atoms with Crippen LogP contribution in [0.3, 0.4) is 0 Å². The number of hydrogen-bond donors (Lipinski definition) is 1. The lowest BCUT2D eigenvalue weighted by atomic mass is 9.43. The third-order valence-corrected chi connectivity index (χ3v) is 9.97. The first-order chi connectivity index (χ1) is 14.9. The zero-order valence-electron chi connectivity index (χ0n) is 18.8. The fourth-order valence-corrected chi connectivity index (χ4v) is 9.29. The van der Waals surface area contributed by atoms with Gasteiger partial charge in [-0.3, -0.25) is 0 Å². The van der Waals surface area contributed by atoms with Crippen molar-refractivity contribution in [1.82, 2.24) is 14.9 Å². The number of phenolic OH excluding ortho intramolecular Hbond substituents is 1. The van der Waals surface area contributed by atoms with E-state index in [0.717, 1.165) is 36.8 Å². The smallest absolute Gasteiger partial charge is 0.226 e. The van der Waals surface area contributed by atoms with E-state index >= 15 is 0 Å². The molecule has 2 aromatic rings. The lowest BCUT2D eigenvalue weighted by Crippen LogP contribution is -2.69. The van der Waals surface area contributed by atoms with Crippen LogP contribution in [0.1, 0.15) is 48.2 Å². The summed E-state index contributed by atoms with van der Waals surface area (Å²) in [5.41, 5.74) is 5.65. The van der Waals surface area contributed by atoms with E-state index in [1.54, 1.807) is 0 Å². The maximum atomic E-state index is 10.5. The van der Waals surface area contributed by atoms with Gasteiger partial charge in [-0.05, 0) is 106 Å². The van der Waals surface area contributed by atoms with Gasteiger partial charge in [0.05, 0.1) is 0 Å². The molecule has 7 rings (SSSR count). The third-order valence-electron chi connectivity index (χ3n) is 9.97. The van der Waals surface area contributed by atoms with Crippen molar-refractivity contribution >= 4 is 5.95 Å². The van der Waals surface area contributed by atoms with Crippen LogP contribution >= 0.6 is 0 Å². The highest BCUT2D eigenvalue weighted by atomic mass is 16.3. The molecule has 2 saturated carbocycles. The van der Waals surface area contributed by atoms with Crippen LogP contribution in [0.4, 0.5) is 5.95 Å². The molecule has 1 aromatic heterocycles. The van der Waals surface area contributed by atoms with Crippen molar-refractivity contribution in [2.75, 3.05) is 25.0 Å². The molecule has 162 valence electrons. The Kier molecular flexibility index (Phi) is 3.45. The third kappa shape index (κ3) is 2.07. The molecule has 5 aliphatic rings. The van der Waals surface area contributed by atoms with Gasteiger partial charge in [0.15, 0.2) is 0 Å². The van der Waals surface area contributed by atoms with Crippen LogP contribution in [-0.2, 0) is 11.8 Å². The largest absolute Gasteiger partial charge is 0.508 e. The molecule has 1 N–H and O–H groups in total. The first-order valence-electron chi connectivity index (χ1n) is 12.0. The highest BCUT2D eigenvalue weighted by Gasteiger charge is 2.75. The van der Waals surface area contributed by atoms with Crippen molar-refractivity contribution < 1.29 is 5.11 Å². The Hall–Kier alpha value is -2.14. The summed E-state index contributed by atoms with van der Waals surface area (Å²) in [7, 11) is 2.35. The number of phenols is 1. The summed E-state index contributed by atoms with van der Waals surface area (Å²) in [4.78, 5) is 15.0. The molecule has 2 saturated heterocycles. The molecule has 0 spiro atoms. The average molecular weight is 417 g/mol. The second-order valence-electron chi connectivity index (χ2n) is 11.1. The Bertz CT molecular complexity index is 1080. The number of anilines is 1. The zero-order chi connectivity index (χ0) is 21.1. The molecule has 0 amide bonds. The van der Waals surface area contributed by atoms with E-state index in [0.29, 0.717) is 35.1 Å². The Morgan fingerprint density at radius 3 is 2.71 bits per heavy atom. The lowest BCUT2D eigenvalue weighted by molar-refractivity contribution is -0.0817. The Labute approximate surface area is 184 Å². The Morgan fingerprint density at radius 1 is 1.10 bits per heavy atom. The predicted octanol–water partition coefficient (Wildman–Crippen LogP) is 3.60. The lowest BCUT2D eigenvalue weighted by Gasteiger charge is -2.66. The maximum absolute atomic E-state index is 10.5. The van der Waals surface area contributed by atoms with Gasteiger partial charge in [0.2, 0.25) is 5.95 Å². The summed E-state index contributed by atoms with van der Waals surface area (Å²) in [6, 6.07) is 9.48. The van der Waals surface area contributed by atoms with Crippen molar-refractivity contribution in [3.8, 4) is 5.75 Å². The summed E-state index contributed by atoms with van der Waals surface area (Å²) in [6.07, 6.45) is 6.21. The van der Waals surface area contributed by atoms with Gasteiger partial charge in [0, 0.05) is 35.4 Å². The Morgan fingerprint density at radius 2 is 1.90 bits per heavy atom. The van der Waals surface area contributed by atoms with E-state index in [1.807, 2.05) is 6.07 Å². The van der Waals surface area contributed by atoms with E-state index in [2.05, 4.69) is 48.9 Å². The molecule has 1 aromatic carbocycles. The van der Waals surface area contributed by atoms with E-state index in [4.69, 9.17) is 9.97 Å². The van der Waals surface area contributed by atoms with Crippen LogP contribution in [0, 0.1) is 31.1 Å². The van der Waals surface area contributed by atoms with Crippen molar-refractivity contribution in [1.29, 1.82) is 0 Å². The van der Waals surface area contributed by atoms with Crippen LogP contribution in [0.25, 0.3) is 0 Å². The molecule has 5 unspecified atom stereocenters. The fraction of sp³-hybridized carbons (Fsp3) is 0.615. The second kappa shape index (κ2) is 5.80. The van der Waals surface area contributed by atoms with Crippen molar-refractivity contribution in [2.24, 2.45) is 17.3 Å². The van der Waals surface area contributed by atoms with E-state index in [1.165, 1.54) is 36.8 Å². The van der Waals surface area contributed by atoms with Crippen molar-refractivity contribution in [3.05, 3.63) is 46.8 Å². The van der Waals surface area contributed by atoms with Gasteiger partial charge in [0.25, 0.3) is 0 Å². The first-order valence-corrected chi connectivity index (χ1v) is 12.0. The SMILES string of the molecule is Cc1cc(C)nc(N2C[C@H]3CC45CCC2C3C42CCN(C)C5Cc3ccc(O)cc32)n1. The number of aryl methyl sites for hydroxylation is 2. The number of aromatic hydroxyl groups is 1. The van der Waals surface area contributed by atoms with Crippen LogP contribution in [0.15, 0.2) is 24.3 Å². The molecule has 3 heterocycles. The van der Waals surface area contributed by atoms with Crippen LogP contribution < -0.4 is 4.90 Å². The van der Waals surface area contributed by atoms with Crippen LogP contribution in [0.5, 0.6) is 5.75 Å². The highest BCUT2D eigenvalue weighted by molar-refractivity contribution is 5.53. The maximum Gasteiger partial charge on any atom is 0.226 e. The van der Waals surface area contributed by atoms with Gasteiger partial charge in [-0.2, -0.15) is 0 Å². The number of likely N-dealkylation sites (N-methyl/N-ethyl adjacent to an activating group) is 1. The average Bonchev–Trinajstić information content (AvgIpc) is 3.16. The van der Waals surface area contributed by atoms with Gasteiger partial charge in [-0.25, -0.2) is 9.97 Å². The molecule has 31 heavy (non-hydrogen) atoms. The summed E-state index contributed by atoms with van der Waals surface area (Å²) in [5.74, 6) is 2.71. The molecule has 2 aliphatic heterocycles. The number of nitrogens with zero attached hydrogens (tertiary/aromatic N) is 4. The van der Waals surface area contributed by atoms with E-state index in [-0.39, 0.29) is 5.41 Å².